The van der Waals surface area contributed by atoms with E-state index in [2.05, 4.69) is 17.1 Å². The molecule has 0 aromatic rings. The molecule has 1 amide bonds. The first-order valence-electron chi connectivity index (χ1n) is 6.81. The van der Waals surface area contributed by atoms with Crippen molar-refractivity contribution in [1.82, 2.24) is 10.2 Å². The minimum atomic E-state index is -0.0373. The Balaban J connectivity index is 3.70. The molecular weight excluding hydrogens is 214 g/mol. The van der Waals surface area contributed by atoms with Crippen LogP contribution in [0, 0.1) is 0 Å². The lowest BCUT2D eigenvalue weighted by Gasteiger charge is -2.23. The van der Waals surface area contributed by atoms with Gasteiger partial charge in [-0.3, -0.25) is 9.69 Å². The molecule has 102 valence electrons. The largest absolute Gasteiger partial charge is 0.355 e. The van der Waals surface area contributed by atoms with Crippen molar-refractivity contribution < 1.29 is 4.79 Å². The van der Waals surface area contributed by atoms with Crippen molar-refractivity contribution in [2.24, 2.45) is 5.73 Å². The second-order valence-electron chi connectivity index (χ2n) is 4.65. The smallest absolute Gasteiger partial charge is 0.237 e. The fraction of sp³-hybridized carbons (Fsp3) is 0.923. The Bertz CT molecular complexity index is 197. The molecule has 0 aromatic carbocycles. The van der Waals surface area contributed by atoms with Gasteiger partial charge in [-0.05, 0) is 46.3 Å². The van der Waals surface area contributed by atoms with E-state index in [1.807, 2.05) is 14.0 Å². The highest BCUT2D eigenvalue weighted by atomic mass is 16.2. The zero-order chi connectivity index (χ0) is 13.1. The van der Waals surface area contributed by atoms with Gasteiger partial charge >= 0.3 is 0 Å². The van der Waals surface area contributed by atoms with Crippen LogP contribution in [0.3, 0.4) is 0 Å². The molecule has 1 unspecified atom stereocenters. The molecule has 0 spiro atoms. The summed E-state index contributed by atoms with van der Waals surface area (Å²) < 4.78 is 0. The number of carbonyl (C=O) groups is 1. The third-order valence-electron chi connectivity index (χ3n) is 3.09. The fourth-order valence-corrected chi connectivity index (χ4v) is 1.61. The second-order valence-corrected chi connectivity index (χ2v) is 4.65. The van der Waals surface area contributed by atoms with Crippen molar-refractivity contribution in [3.63, 3.8) is 0 Å². The minimum Gasteiger partial charge on any atom is -0.355 e. The number of likely N-dealkylation sites (N-methyl/N-ethyl adjacent to an activating group) is 1. The molecule has 3 N–H and O–H groups in total. The molecule has 4 nitrogen and oxygen atoms in total. The molecule has 0 rings (SSSR count). The molecule has 17 heavy (non-hydrogen) atoms. The van der Waals surface area contributed by atoms with E-state index in [1.54, 1.807) is 0 Å². The Kier molecular flexibility index (Phi) is 10.2. The minimum absolute atomic E-state index is 0.0373. The van der Waals surface area contributed by atoms with Crippen LogP contribution >= 0.6 is 0 Å². The van der Waals surface area contributed by atoms with Gasteiger partial charge in [0.15, 0.2) is 0 Å². The summed E-state index contributed by atoms with van der Waals surface area (Å²) in [6, 6.07) is -0.0373. The SMILES string of the molecule is CCCCNC(=O)C(C)N(C)CCCCCN. The molecule has 4 heteroatoms. The summed E-state index contributed by atoms with van der Waals surface area (Å²) >= 11 is 0. The maximum absolute atomic E-state index is 11.8. The Morgan fingerprint density at radius 3 is 2.59 bits per heavy atom. The number of rotatable bonds is 10. The molecular formula is C13H29N3O. The predicted molar refractivity (Wildman–Crippen MR) is 72.9 cm³/mol. The topological polar surface area (TPSA) is 58.4 Å². The zero-order valence-electron chi connectivity index (χ0n) is 11.7. The van der Waals surface area contributed by atoms with Crippen molar-refractivity contribution in [2.75, 3.05) is 26.7 Å². The molecule has 0 aliphatic heterocycles. The van der Waals surface area contributed by atoms with Crippen LogP contribution in [-0.4, -0.2) is 43.5 Å². The summed E-state index contributed by atoms with van der Waals surface area (Å²) in [5, 5.41) is 2.97. The predicted octanol–water partition coefficient (Wildman–Crippen LogP) is 1.35. The molecule has 0 aliphatic carbocycles. The number of hydrogen-bond acceptors (Lipinski definition) is 3. The quantitative estimate of drug-likeness (QED) is 0.569. The van der Waals surface area contributed by atoms with Gasteiger partial charge < -0.3 is 11.1 Å². The third-order valence-corrected chi connectivity index (χ3v) is 3.09. The van der Waals surface area contributed by atoms with Crippen molar-refractivity contribution in [1.29, 1.82) is 0 Å². The Hall–Kier alpha value is -0.610. The molecule has 0 bridgehead atoms. The van der Waals surface area contributed by atoms with Crippen LogP contribution < -0.4 is 11.1 Å². The van der Waals surface area contributed by atoms with Gasteiger partial charge in [0.25, 0.3) is 0 Å². The van der Waals surface area contributed by atoms with E-state index in [0.717, 1.165) is 51.7 Å². The first kappa shape index (κ1) is 16.4. The van der Waals surface area contributed by atoms with Crippen molar-refractivity contribution in [3.05, 3.63) is 0 Å². The van der Waals surface area contributed by atoms with Crippen molar-refractivity contribution in [2.45, 2.75) is 52.0 Å². The highest BCUT2D eigenvalue weighted by molar-refractivity contribution is 5.81. The molecule has 0 aliphatic rings. The summed E-state index contributed by atoms with van der Waals surface area (Å²) in [7, 11) is 2.01. The molecule has 1 atom stereocenters. The first-order chi connectivity index (χ1) is 8.13. The number of hydrogen-bond donors (Lipinski definition) is 2. The van der Waals surface area contributed by atoms with Gasteiger partial charge in [-0.1, -0.05) is 19.8 Å². The number of amides is 1. The summed E-state index contributed by atoms with van der Waals surface area (Å²) in [6.45, 7) is 6.60. The van der Waals surface area contributed by atoms with Crippen LogP contribution in [0.15, 0.2) is 0 Å². The van der Waals surface area contributed by atoms with Gasteiger partial charge in [0, 0.05) is 6.54 Å². The van der Waals surface area contributed by atoms with E-state index in [9.17, 15) is 4.79 Å². The monoisotopic (exact) mass is 243 g/mol. The van der Waals surface area contributed by atoms with E-state index in [1.165, 1.54) is 0 Å². The van der Waals surface area contributed by atoms with E-state index in [4.69, 9.17) is 5.73 Å². The van der Waals surface area contributed by atoms with Gasteiger partial charge in [-0.15, -0.1) is 0 Å². The van der Waals surface area contributed by atoms with Crippen LogP contribution in [0.4, 0.5) is 0 Å². The standard InChI is InChI=1S/C13H29N3O/c1-4-5-10-15-13(17)12(2)16(3)11-8-6-7-9-14/h12H,4-11,14H2,1-3H3,(H,15,17). The van der Waals surface area contributed by atoms with Crippen molar-refractivity contribution >= 4 is 5.91 Å². The van der Waals surface area contributed by atoms with Crippen molar-refractivity contribution in [3.8, 4) is 0 Å². The molecule has 0 saturated heterocycles. The third kappa shape index (κ3) is 8.16. The van der Waals surface area contributed by atoms with Gasteiger partial charge in [0.2, 0.25) is 5.91 Å². The molecule has 0 saturated carbocycles. The first-order valence-corrected chi connectivity index (χ1v) is 6.81. The summed E-state index contributed by atoms with van der Waals surface area (Å²) in [5.41, 5.74) is 5.44. The summed E-state index contributed by atoms with van der Waals surface area (Å²) in [6.07, 6.45) is 5.50. The Morgan fingerprint density at radius 1 is 1.29 bits per heavy atom. The van der Waals surface area contributed by atoms with Gasteiger partial charge in [-0.25, -0.2) is 0 Å². The van der Waals surface area contributed by atoms with Crippen LogP contribution in [0.1, 0.15) is 46.0 Å². The second kappa shape index (κ2) is 10.5. The van der Waals surface area contributed by atoms with Gasteiger partial charge in [0.05, 0.1) is 6.04 Å². The van der Waals surface area contributed by atoms with E-state index in [0.29, 0.717) is 0 Å². The average Bonchev–Trinajstić information content (AvgIpc) is 2.33. The number of nitrogens with two attached hydrogens (primary N) is 1. The van der Waals surface area contributed by atoms with E-state index >= 15 is 0 Å². The lowest BCUT2D eigenvalue weighted by Crippen LogP contribution is -2.43. The molecule has 0 heterocycles. The highest BCUT2D eigenvalue weighted by Gasteiger charge is 2.16. The number of nitrogens with zero attached hydrogens (tertiary/aromatic N) is 1. The van der Waals surface area contributed by atoms with Gasteiger partial charge in [-0.2, -0.15) is 0 Å². The molecule has 0 aromatic heterocycles. The number of carbonyl (C=O) groups excluding carboxylic acids is 1. The van der Waals surface area contributed by atoms with E-state index in [-0.39, 0.29) is 11.9 Å². The van der Waals surface area contributed by atoms with Crippen LogP contribution in [0.5, 0.6) is 0 Å². The van der Waals surface area contributed by atoms with Crippen LogP contribution in [0.2, 0.25) is 0 Å². The summed E-state index contributed by atoms with van der Waals surface area (Å²) in [5.74, 6) is 0.139. The Labute approximate surface area is 106 Å². The molecule has 0 fully saturated rings. The fourth-order valence-electron chi connectivity index (χ4n) is 1.61. The lowest BCUT2D eigenvalue weighted by molar-refractivity contribution is -0.125. The maximum Gasteiger partial charge on any atom is 0.237 e. The number of unbranched alkanes of at least 4 members (excludes halogenated alkanes) is 3. The molecule has 0 radical (unpaired) electrons. The average molecular weight is 243 g/mol. The lowest BCUT2D eigenvalue weighted by atomic mass is 10.2. The maximum atomic E-state index is 11.8. The normalized spacial score (nSPS) is 12.8. The van der Waals surface area contributed by atoms with E-state index < -0.39 is 0 Å². The Morgan fingerprint density at radius 2 is 2.00 bits per heavy atom. The highest BCUT2D eigenvalue weighted by Crippen LogP contribution is 2.01. The zero-order valence-corrected chi connectivity index (χ0v) is 11.7. The van der Waals surface area contributed by atoms with Crippen LogP contribution in [0.25, 0.3) is 0 Å². The number of nitrogens with one attached hydrogen (secondary N) is 1. The summed E-state index contributed by atoms with van der Waals surface area (Å²) in [4.78, 5) is 13.9. The van der Waals surface area contributed by atoms with Crippen LogP contribution in [-0.2, 0) is 4.79 Å². The van der Waals surface area contributed by atoms with Gasteiger partial charge in [0.1, 0.15) is 0 Å².